The number of amides is 1. The Hall–Kier alpha value is -3.65. The second-order valence-corrected chi connectivity index (χ2v) is 9.20. The molecule has 7 nitrogen and oxygen atoms in total. The molecule has 166 valence electrons. The van der Waals surface area contributed by atoms with Crippen LogP contribution in [-0.4, -0.2) is 31.7 Å². The van der Waals surface area contributed by atoms with Gasteiger partial charge in [-0.05, 0) is 68.3 Å². The summed E-state index contributed by atoms with van der Waals surface area (Å²) in [7, 11) is -3.99. The van der Waals surface area contributed by atoms with E-state index >= 15 is 0 Å². The largest absolute Gasteiger partial charge is 0.507 e. The van der Waals surface area contributed by atoms with Crippen molar-refractivity contribution in [3.63, 3.8) is 0 Å². The molecule has 0 aliphatic rings. The predicted octanol–water partition coefficient (Wildman–Crippen LogP) is 3.74. The van der Waals surface area contributed by atoms with Gasteiger partial charge in [-0.3, -0.25) is 9.10 Å². The fourth-order valence-corrected chi connectivity index (χ4v) is 4.50. The van der Waals surface area contributed by atoms with Gasteiger partial charge in [0.2, 0.25) is 0 Å². The maximum absolute atomic E-state index is 13.3. The van der Waals surface area contributed by atoms with Gasteiger partial charge in [-0.2, -0.15) is 5.10 Å². The molecule has 0 radical (unpaired) electrons. The van der Waals surface area contributed by atoms with Crippen molar-refractivity contribution in [2.75, 3.05) is 10.8 Å². The molecule has 8 heteroatoms. The molecule has 0 fully saturated rings. The number of phenolic OH excluding ortho intramolecular Hbond substituents is 1. The summed E-state index contributed by atoms with van der Waals surface area (Å²) in [5.41, 5.74) is 5.55. The van der Waals surface area contributed by atoms with Gasteiger partial charge in [-0.25, -0.2) is 13.8 Å². The molecule has 3 aromatic rings. The summed E-state index contributed by atoms with van der Waals surface area (Å²) in [6.07, 6.45) is 0. The number of benzene rings is 3. The van der Waals surface area contributed by atoms with E-state index in [1.807, 2.05) is 19.9 Å². The monoisotopic (exact) mass is 451 g/mol. The number of hydrogen-bond donors (Lipinski definition) is 2. The maximum Gasteiger partial charge on any atom is 0.264 e. The summed E-state index contributed by atoms with van der Waals surface area (Å²) < 4.78 is 27.8. The van der Waals surface area contributed by atoms with E-state index in [9.17, 15) is 18.3 Å². The first kappa shape index (κ1) is 23.0. The highest BCUT2D eigenvalue weighted by molar-refractivity contribution is 7.92. The number of aryl methyl sites for hydroxylation is 2. The van der Waals surface area contributed by atoms with E-state index in [1.165, 1.54) is 18.2 Å². The Kier molecular flexibility index (Phi) is 6.95. The number of nitrogens with one attached hydrogen (secondary N) is 1. The number of nitrogens with zero attached hydrogens (tertiary/aromatic N) is 2. The van der Waals surface area contributed by atoms with Gasteiger partial charge in [0, 0.05) is 5.56 Å². The first-order valence-corrected chi connectivity index (χ1v) is 11.4. The number of aromatic hydroxyl groups is 1. The lowest BCUT2D eigenvalue weighted by Gasteiger charge is -2.24. The number of carbonyl (C=O) groups excluding carboxylic acids is 1. The van der Waals surface area contributed by atoms with Gasteiger partial charge in [-0.1, -0.05) is 36.4 Å². The summed E-state index contributed by atoms with van der Waals surface area (Å²) in [5, 5.41) is 14.0. The SMILES string of the molecule is C/C(=N/NC(=O)CN(c1ccc(C)c(C)c1)S(=O)(=O)c1ccccc1)c1ccccc1O. The molecule has 3 rings (SSSR count). The van der Waals surface area contributed by atoms with Crippen molar-refractivity contribution < 1.29 is 18.3 Å². The normalized spacial score (nSPS) is 11.8. The Morgan fingerprint density at radius 1 is 0.969 bits per heavy atom. The average Bonchev–Trinajstić information content (AvgIpc) is 2.78. The molecule has 0 saturated heterocycles. The molecular formula is C24H25N3O4S. The summed E-state index contributed by atoms with van der Waals surface area (Å²) >= 11 is 0. The number of hydrazone groups is 1. The molecule has 0 saturated carbocycles. The average molecular weight is 452 g/mol. The Labute approximate surface area is 188 Å². The van der Waals surface area contributed by atoms with Crippen LogP contribution in [0.4, 0.5) is 5.69 Å². The quantitative estimate of drug-likeness (QED) is 0.422. The molecule has 0 aromatic heterocycles. The minimum Gasteiger partial charge on any atom is -0.507 e. The van der Waals surface area contributed by atoms with Crippen LogP contribution in [0, 0.1) is 13.8 Å². The van der Waals surface area contributed by atoms with Crippen molar-refractivity contribution in [2.45, 2.75) is 25.7 Å². The number of anilines is 1. The Morgan fingerprint density at radius 2 is 1.62 bits per heavy atom. The lowest BCUT2D eigenvalue weighted by Crippen LogP contribution is -2.39. The highest BCUT2D eigenvalue weighted by Gasteiger charge is 2.27. The lowest BCUT2D eigenvalue weighted by atomic mass is 10.1. The highest BCUT2D eigenvalue weighted by atomic mass is 32.2. The van der Waals surface area contributed by atoms with Crippen LogP contribution in [0.5, 0.6) is 5.75 Å². The van der Waals surface area contributed by atoms with Crippen molar-refractivity contribution in [1.29, 1.82) is 0 Å². The second kappa shape index (κ2) is 9.65. The third kappa shape index (κ3) is 5.15. The first-order chi connectivity index (χ1) is 15.2. The standard InChI is InChI=1S/C24H25N3O4S/c1-17-13-14-20(15-18(17)2)27(32(30,31)21-9-5-4-6-10-21)16-24(29)26-25-19(3)22-11-7-8-12-23(22)28/h4-15,28H,16H2,1-3H3,(H,26,29)/b25-19-. The number of hydrogen-bond acceptors (Lipinski definition) is 5. The summed E-state index contributed by atoms with van der Waals surface area (Å²) in [5.74, 6) is -0.580. The summed E-state index contributed by atoms with van der Waals surface area (Å²) in [4.78, 5) is 12.8. The van der Waals surface area contributed by atoms with Crippen molar-refractivity contribution in [3.05, 3.63) is 89.5 Å². The maximum atomic E-state index is 13.3. The predicted molar refractivity (Wildman–Crippen MR) is 125 cm³/mol. The minimum atomic E-state index is -3.99. The molecule has 0 heterocycles. The van der Waals surface area contributed by atoms with Gasteiger partial charge >= 0.3 is 0 Å². The van der Waals surface area contributed by atoms with Crippen molar-refractivity contribution in [2.24, 2.45) is 5.10 Å². The van der Waals surface area contributed by atoms with E-state index in [1.54, 1.807) is 55.5 Å². The number of carbonyl (C=O) groups is 1. The topological polar surface area (TPSA) is 99.1 Å². The van der Waals surface area contributed by atoms with Gasteiger partial charge in [0.15, 0.2) is 0 Å². The summed E-state index contributed by atoms with van der Waals surface area (Å²) in [6.45, 7) is 4.99. The zero-order chi connectivity index (χ0) is 23.3. The number of sulfonamides is 1. The van der Waals surface area contributed by atoms with E-state index in [4.69, 9.17) is 0 Å². The van der Waals surface area contributed by atoms with Gasteiger partial charge in [-0.15, -0.1) is 0 Å². The molecule has 0 aliphatic carbocycles. The Morgan fingerprint density at radius 3 is 2.28 bits per heavy atom. The molecule has 3 aromatic carbocycles. The summed E-state index contributed by atoms with van der Waals surface area (Å²) in [6, 6.07) is 19.8. The van der Waals surface area contributed by atoms with E-state index in [-0.39, 0.29) is 10.6 Å². The first-order valence-electron chi connectivity index (χ1n) is 9.96. The molecule has 0 aliphatic heterocycles. The van der Waals surface area contributed by atoms with Gasteiger partial charge in [0.1, 0.15) is 12.3 Å². The molecule has 0 spiro atoms. The van der Waals surface area contributed by atoms with Crippen LogP contribution in [0.3, 0.4) is 0 Å². The van der Waals surface area contributed by atoms with Crippen LogP contribution in [0.15, 0.2) is 82.8 Å². The zero-order valence-corrected chi connectivity index (χ0v) is 18.9. The molecule has 2 N–H and O–H groups in total. The molecule has 32 heavy (non-hydrogen) atoms. The van der Waals surface area contributed by atoms with Gasteiger partial charge in [0.05, 0.1) is 16.3 Å². The second-order valence-electron chi connectivity index (χ2n) is 7.34. The molecule has 0 atom stereocenters. The molecular weight excluding hydrogens is 426 g/mol. The van der Waals surface area contributed by atoms with Gasteiger partial charge in [0.25, 0.3) is 15.9 Å². The minimum absolute atomic E-state index is 0.0337. The fourth-order valence-electron chi connectivity index (χ4n) is 3.07. The van der Waals surface area contributed by atoms with Crippen LogP contribution in [0.2, 0.25) is 0 Å². The van der Waals surface area contributed by atoms with E-state index in [0.717, 1.165) is 15.4 Å². The van der Waals surface area contributed by atoms with E-state index in [0.29, 0.717) is 17.0 Å². The lowest BCUT2D eigenvalue weighted by molar-refractivity contribution is -0.119. The number of rotatable bonds is 7. The van der Waals surface area contributed by atoms with Crippen LogP contribution in [-0.2, 0) is 14.8 Å². The number of para-hydroxylation sites is 1. The Balaban J connectivity index is 1.90. The third-order valence-corrected chi connectivity index (χ3v) is 6.83. The van der Waals surface area contributed by atoms with Gasteiger partial charge < -0.3 is 5.11 Å². The van der Waals surface area contributed by atoms with E-state index < -0.39 is 22.5 Å². The van der Waals surface area contributed by atoms with E-state index in [2.05, 4.69) is 10.5 Å². The smallest absolute Gasteiger partial charge is 0.264 e. The fraction of sp³-hybridized carbons (Fsp3) is 0.167. The number of phenols is 1. The molecule has 0 bridgehead atoms. The Bertz CT molecular complexity index is 1260. The molecule has 1 amide bonds. The zero-order valence-electron chi connectivity index (χ0n) is 18.1. The van der Waals surface area contributed by atoms with Crippen molar-refractivity contribution >= 4 is 27.3 Å². The van der Waals surface area contributed by atoms with Crippen molar-refractivity contribution in [1.82, 2.24) is 5.43 Å². The molecule has 0 unspecified atom stereocenters. The highest BCUT2D eigenvalue weighted by Crippen LogP contribution is 2.25. The third-order valence-electron chi connectivity index (χ3n) is 5.04. The van der Waals surface area contributed by atoms with Crippen LogP contribution in [0.1, 0.15) is 23.6 Å². The van der Waals surface area contributed by atoms with Crippen LogP contribution in [0.25, 0.3) is 0 Å². The van der Waals surface area contributed by atoms with Crippen LogP contribution < -0.4 is 9.73 Å². The van der Waals surface area contributed by atoms with Crippen molar-refractivity contribution in [3.8, 4) is 5.75 Å². The van der Waals surface area contributed by atoms with Crippen LogP contribution >= 0.6 is 0 Å².